The molecule has 1 atom stereocenters. The van der Waals surface area contributed by atoms with Gasteiger partial charge in [0.1, 0.15) is 0 Å². The van der Waals surface area contributed by atoms with E-state index in [1.807, 2.05) is 42.7 Å². The number of pyridine rings is 1. The molecule has 26 heavy (non-hydrogen) atoms. The normalized spacial score (nSPS) is 21.9. The monoisotopic (exact) mass is 345 g/mol. The molecule has 2 aromatic heterocycles. The van der Waals surface area contributed by atoms with Crippen LogP contribution in [0, 0.1) is 0 Å². The van der Waals surface area contributed by atoms with E-state index in [1.54, 1.807) is 6.20 Å². The van der Waals surface area contributed by atoms with Gasteiger partial charge >= 0.3 is 0 Å². The van der Waals surface area contributed by atoms with Gasteiger partial charge in [0.15, 0.2) is 0 Å². The van der Waals surface area contributed by atoms with Crippen LogP contribution < -0.4 is 5.32 Å². The highest BCUT2D eigenvalue weighted by Crippen LogP contribution is 2.44. The number of nitrogens with one attached hydrogen (secondary N) is 2. The Labute approximate surface area is 151 Å². The summed E-state index contributed by atoms with van der Waals surface area (Å²) in [4.78, 5) is 19.3. The lowest BCUT2D eigenvalue weighted by molar-refractivity contribution is -0.120. The van der Waals surface area contributed by atoms with E-state index >= 15 is 0 Å². The van der Waals surface area contributed by atoms with Crippen LogP contribution in [0.3, 0.4) is 0 Å². The molecular weight excluding hydrogens is 326 g/mol. The molecule has 4 heterocycles. The Bertz CT molecular complexity index is 967. The molecule has 3 aromatic rings. The minimum atomic E-state index is -0.422. The van der Waals surface area contributed by atoms with Crippen molar-refractivity contribution in [1.29, 1.82) is 0 Å². The summed E-state index contributed by atoms with van der Waals surface area (Å²) in [6, 6.07) is 12.0. The zero-order valence-corrected chi connectivity index (χ0v) is 14.3. The van der Waals surface area contributed by atoms with Crippen molar-refractivity contribution in [3.63, 3.8) is 0 Å². The number of H-pyrrole nitrogens is 1. The lowest BCUT2D eigenvalue weighted by Crippen LogP contribution is -2.37. The SMILES string of the molecule is O=C1Nc2ccccc2C12CCN(Cc1cn[nH]c1-c1cccnc1)C2. The van der Waals surface area contributed by atoms with Gasteiger partial charge in [-0.2, -0.15) is 5.10 Å². The average molecular weight is 345 g/mol. The summed E-state index contributed by atoms with van der Waals surface area (Å²) < 4.78 is 0. The number of nitrogens with zero attached hydrogens (tertiary/aromatic N) is 3. The maximum Gasteiger partial charge on any atom is 0.236 e. The van der Waals surface area contributed by atoms with Gasteiger partial charge in [-0.3, -0.25) is 19.8 Å². The van der Waals surface area contributed by atoms with Gasteiger partial charge in [0.05, 0.1) is 17.3 Å². The van der Waals surface area contributed by atoms with Gasteiger partial charge in [-0.25, -0.2) is 0 Å². The van der Waals surface area contributed by atoms with Gasteiger partial charge in [-0.15, -0.1) is 0 Å². The fourth-order valence-electron chi connectivity index (χ4n) is 4.24. The standard InChI is InChI=1S/C20H19N5O/c26-19-20(16-5-1-2-6-17(16)23-19)7-9-25(13-20)12-15-11-22-24-18(15)14-4-3-8-21-10-14/h1-6,8,10-11H,7,9,12-13H2,(H,22,24)(H,23,26). The number of hydrogen-bond donors (Lipinski definition) is 2. The highest BCUT2D eigenvalue weighted by Gasteiger charge is 2.50. The van der Waals surface area contributed by atoms with Crippen LogP contribution in [0.2, 0.25) is 0 Å². The highest BCUT2D eigenvalue weighted by molar-refractivity contribution is 6.06. The molecule has 1 saturated heterocycles. The summed E-state index contributed by atoms with van der Waals surface area (Å²) in [7, 11) is 0. The third kappa shape index (κ3) is 2.26. The van der Waals surface area contributed by atoms with Crippen LogP contribution in [0.5, 0.6) is 0 Å². The Morgan fingerprint density at radius 1 is 1.15 bits per heavy atom. The molecule has 2 N–H and O–H groups in total. The molecule has 0 radical (unpaired) electrons. The van der Waals surface area contributed by atoms with Crippen LogP contribution in [-0.4, -0.2) is 39.1 Å². The van der Waals surface area contributed by atoms with Crippen molar-refractivity contribution in [3.8, 4) is 11.3 Å². The third-order valence-electron chi connectivity index (χ3n) is 5.54. The maximum atomic E-state index is 12.7. The molecule has 6 heteroatoms. The fraction of sp³-hybridized carbons (Fsp3) is 0.250. The van der Waals surface area contributed by atoms with Crippen LogP contribution in [0.4, 0.5) is 5.69 Å². The first-order valence-corrected chi connectivity index (χ1v) is 8.82. The van der Waals surface area contributed by atoms with Gasteiger partial charge in [-0.1, -0.05) is 18.2 Å². The van der Waals surface area contributed by atoms with Gasteiger partial charge in [-0.05, 0) is 36.7 Å². The summed E-state index contributed by atoms with van der Waals surface area (Å²) in [5.74, 6) is 0.126. The van der Waals surface area contributed by atoms with Gasteiger partial charge in [0, 0.05) is 42.3 Å². The molecule has 1 unspecified atom stereocenters. The topological polar surface area (TPSA) is 73.9 Å². The Morgan fingerprint density at radius 2 is 2.08 bits per heavy atom. The molecule has 2 aliphatic heterocycles. The second-order valence-electron chi connectivity index (χ2n) is 7.05. The van der Waals surface area contributed by atoms with E-state index in [0.29, 0.717) is 0 Å². The minimum absolute atomic E-state index is 0.126. The third-order valence-corrected chi connectivity index (χ3v) is 5.54. The minimum Gasteiger partial charge on any atom is -0.325 e. The molecule has 0 saturated carbocycles. The number of amides is 1. The molecule has 0 bridgehead atoms. The second kappa shape index (κ2) is 5.78. The Kier molecular flexibility index (Phi) is 3.39. The number of para-hydroxylation sites is 1. The molecular formula is C20H19N5O. The Hall–Kier alpha value is -2.99. The molecule has 1 fully saturated rings. The summed E-state index contributed by atoms with van der Waals surface area (Å²) in [6.45, 7) is 2.38. The Balaban J connectivity index is 1.41. The van der Waals surface area contributed by atoms with E-state index in [2.05, 4.69) is 31.5 Å². The Morgan fingerprint density at radius 3 is 2.96 bits per heavy atom. The second-order valence-corrected chi connectivity index (χ2v) is 7.05. The molecule has 0 aliphatic carbocycles. The largest absolute Gasteiger partial charge is 0.325 e. The number of anilines is 1. The zero-order chi connectivity index (χ0) is 17.6. The summed E-state index contributed by atoms with van der Waals surface area (Å²) in [5.41, 5.74) is 4.82. The number of benzene rings is 1. The van der Waals surface area contributed by atoms with Crippen LogP contribution in [0.15, 0.2) is 55.0 Å². The molecule has 5 rings (SSSR count). The van der Waals surface area contributed by atoms with Crippen LogP contribution in [-0.2, 0) is 16.8 Å². The average Bonchev–Trinajstić information content (AvgIpc) is 3.37. The first-order chi connectivity index (χ1) is 12.8. The molecule has 130 valence electrons. The van der Waals surface area contributed by atoms with Crippen LogP contribution in [0.25, 0.3) is 11.3 Å². The number of aromatic nitrogens is 3. The summed E-state index contributed by atoms with van der Waals surface area (Å²) in [6.07, 6.45) is 6.31. The van der Waals surface area contributed by atoms with E-state index in [9.17, 15) is 4.79 Å². The number of rotatable bonds is 3. The zero-order valence-electron chi connectivity index (χ0n) is 14.3. The van der Waals surface area contributed by atoms with Crippen molar-refractivity contribution in [1.82, 2.24) is 20.1 Å². The van der Waals surface area contributed by atoms with Crippen molar-refractivity contribution in [2.24, 2.45) is 0 Å². The van der Waals surface area contributed by atoms with Crippen molar-refractivity contribution < 1.29 is 4.79 Å². The molecule has 1 amide bonds. The van der Waals surface area contributed by atoms with Gasteiger partial charge in [0.25, 0.3) is 0 Å². The maximum absolute atomic E-state index is 12.7. The predicted octanol–water partition coefficient (Wildman–Crippen LogP) is 2.57. The number of fused-ring (bicyclic) bond motifs is 2. The lowest BCUT2D eigenvalue weighted by Gasteiger charge is -2.22. The number of carbonyl (C=O) groups is 1. The summed E-state index contributed by atoms with van der Waals surface area (Å²) >= 11 is 0. The molecule has 2 aliphatic rings. The number of carbonyl (C=O) groups excluding carboxylic acids is 1. The van der Waals surface area contributed by atoms with Crippen molar-refractivity contribution in [3.05, 3.63) is 66.1 Å². The van der Waals surface area contributed by atoms with E-state index in [-0.39, 0.29) is 5.91 Å². The van der Waals surface area contributed by atoms with Crippen molar-refractivity contribution >= 4 is 11.6 Å². The van der Waals surface area contributed by atoms with Crippen LogP contribution in [0.1, 0.15) is 17.5 Å². The van der Waals surface area contributed by atoms with Crippen LogP contribution >= 0.6 is 0 Å². The highest BCUT2D eigenvalue weighted by atomic mass is 16.2. The van der Waals surface area contributed by atoms with Gasteiger partial charge in [0.2, 0.25) is 5.91 Å². The fourth-order valence-corrected chi connectivity index (χ4v) is 4.24. The summed E-state index contributed by atoms with van der Waals surface area (Å²) in [5, 5.41) is 10.4. The van der Waals surface area contributed by atoms with E-state index in [1.165, 1.54) is 0 Å². The van der Waals surface area contributed by atoms with E-state index in [4.69, 9.17) is 0 Å². The number of aromatic amines is 1. The molecule has 1 aromatic carbocycles. The van der Waals surface area contributed by atoms with E-state index < -0.39 is 5.41 Å². The number of likely N-dealkylation sites (tertiary alicyclic amines) is 1. The van der Waals surface area contributed by atoms with Crippen molar-refractivity contribution in [2.75, 3.05) is 18.4 Å². The lowest BCUT2D eigenvalue weighted by atomic mass is 9.81. The van der Waals surface area contributed by atoms with Crippen molar-refractivity contribution in [2.45, 2.75) is 18.4 Å². The van der Waals surface area contributed by atoms with E-state index in [0.717, 1.165) is 54.1 Å². The number of hydrogen-bond acceptors (Lipinski definition) is 4. The smallest absolute Gasteiger partial charge is 0.236 e. The van der Waals surface area contributed by atoms with Gasteiger partial charge < -0.3 is 5.32 Å². The first kappa shape index (κ1) is 15.3. The molecule has 1 spiro atoms. The quantitative estimate of drug-likeness (QED) is 0.765. The first-order valence-electron chi connectivity index (χ1n) is 8.82. The predicted molar refractivity (Wildman–Crippen MR) is 98.5 cm³/mol. The molecule has 6 nitrogen and oxygen atoms in total.